The molecule has 5 aromatic rings. The van der Waals surface area contributed by atoms with Crippen molar-refractivity contribution < 1.29 is 19.4 Å². The van der Waals surface area contributed by atoms with Gasteiger partial charge in [-0.1, -0.05) is 47.5 Å². The van der Waals surface area contributed by atoms with E-state index in [1.807, 2.05) is 69.3 Å². The average Bonchev–Trinajstić information content (AvgIpc) is 3.30. The number of carboxylic acids is 1. The number of aromatic nitrogens is 2. The van der Waals surface area contributed by atoms with E-state index in [-0.39, 0.29) is 24.6 Å². The van der Waals surface area contributed by atoms with Gasteiger partial charge < -0.3 is 20.1 Å². The number of esters is 1. The van der Waals surface area contributed by atoms with Crippen LogP contribution in [-0.2, 0) is 35.5 Å². The van der Waals surface area contributed by atoms with Gasteiger partial charge in [-0.2, -0.15) is 0 Å². The highest BCUT2D eigenvalue weighted by Crippen LogP contribution is 2.41. The van der Waals surface area contributed by atoms with Gasteiger partial charge >= 0.3 is 11.9 Å². The maximum absolute atomic E-state index is 13.7. The molecule has 7 heteroatoms. The Morgan fingerprint density at radius 1 is 0.953 bits per heavy atom. The van der Waals surface area contributed by atoms with Crippen LogP contribution in [0.1, 0.15) is 51.5 Å². The topological polar surface area (TPSA) is 107 Å². The van der Waals surface area contributed by atoms with Crippen LogP contribution < -0.4 is 5.73 Å². The molecule has 1 unspecified atom stereocenters. The number of benzene rings is 3. The van der Waals surface area contributed by atoms with Gasteiger partial charge in [0.05, 0.1) is 28.4 Å². The summed E-state index contributed by atoms with van der Waals surface area (Å²) in [5.41, 5.74) is 15.0. The lowest BCUT2D eigenvalue weighted by atomic mass is 9.88. The number of pyridine rings is 1. The van der Waals surface area contributed by atoms with Crippen molar-refractivity contribution in [1.82, 2.24) is 9.55 Å². The number of carbonyl (C=O) groups is 2. The van der Waals surface area contributed by atoms with Crippen molar-refractivity contribution in [3.8, 4) is 11.3 Å². The SMILES string of the molecule is CCn1c(-c2cc(C)cc(C)c2)c(N)c2c(CC(CCc3ccncc3)C(=O)OCc3ccccc3)c(C(=O)O)ccc21. The van der Waals surface area contributed by atoms with Crippen molar-refractivity contribution in [1.29, 1.82) is 0 Å². The first-order valence-corrected chi connectivity index (χ1v) is 14.6. The van der Waals surface area contributed by atoms with Crippen molar-refractivity contribution in [2.45, 2.75) is 53.2 Å². The molecule has 1 atom stereocenters. The number of carboxylic acid groups (broad SMARTS) is 1. The fourth-order valence-corrected chi connectivity index (χ4v) is 6.00. The monoisotopic (exact) mass is 575 g/mol. The summed E-state index contributed by atoms with van der Waals surface area (Å²) in [6.45, 7) is 6.94. The van der Waals surface area contributed by atoms with Gasteiger partial charge in [0.1, 0.15) is 6.61 Å². The summed E-state index contributed by atoms with van der Waals surface area (Å²) in [5.74, 6) is -2.01. The predicted octanol–water partition coefficient (Wildman–Crippen LogP) is 7.16. The van der Waals surface area contributed by atoms with E-state index in [0.29, 0.717) is 36.0 Å². The van der Waals surface area contributed by atoms with E-state index in [1.54, 1.807) is 18.5 Å². The van der Waals surface area contributed by atoms with Crippen LogP contribution in [0, 0.1) is 19.8 Å². The number of nitrogens with two attached hydrogens (primary N) is 1. The predicted molar refractivity (Wildman–Crippen MR) is 170 cm³/mol. The maximum atomic E-state index is 13.7. The number of nitrogen functional groups attached to an aromatic ring is 1. The minimum absolute atomic E-state index is 0.143. The second-order valence-electron chi connectivity index (χ2n) is 11.1. The quantitative estimate of drug-likeness (QED) is 0.162. The highest BCUT2D eigenvalue weighted by Gasteiger charge is 2.28. The van der Waals surface area contributed by atoms with Gasteiger partial charge in [0.15, 0.2) is 0 Å². The van der Waals surface area contributed by atoms with Crippen molar-refractivity contribution in [3.05, 3.63) is 119 Å². The number of carbonyl (C=O) groups excluding carboxylic acids is 1. The zero-order valence-electron chi connectivity index (χ0n) is 24.8. The van der Waals surface area contributed by atoms with Gasteiger partial charge in [0, 0.05) is 29.9 Å². The zero-order valence-corrected chi connectivity index (χ0v) is 24.8. The Morgan fingerprint density at radius 3 is 2.30 bits per heavy atom. The normalized spacial score (nSPS) is 11.9. The molecule has 0 amide bonds. The summed E-state index contributed by atoms with van der Waals surface area (Å²) in [6.07, 6.45) is 4.73. The van der Waals surface area contributed by atoms with Crippen molar-refractivity contribution >= 4 is 28.5 Å². The minimum Gasteiger partial charge on any atom is -0.478 e. The number of fused-ring (bicyclic) bond motifs is 1. The first kappa shape index (κ1) is 29.6. The van der Waals surface area contributed by atoms with Gasteiger partial charge in [-0.05, 0) is 93.1 Å². The molecule has 0 radical (unpaired) electrons. The van der Waals surface area contributed by atoms with Crippen LogP contribution in [0.3, 0.4) is 0 Å². The second kappa shape index (κ2) is 12.9. The zero-order chi connectivity index (χ0) is 30.5. The minimum atomic E-state index is -1.06. The van der Waals surface area contributed by atoms with Crippen LogP contribution in [0.2, 0.25) is 0 Å². The standard InChI is InChI=1S/C36H37N3O4/c1-4-39-31-13-12-29(35(40)41)30(32(31)33(37)34(39)28-19-23(2)18-24(3)20-28)21-27(11-10-25-14-16-38-17-15-25)36(42)43-22-26-8-6-5-7-9-26/h5-9,12-20,27H,4,10-11,21-22,37H2,1-3H3,(H,40,41). The van der Waals surface area contributed by atoms with E-state index in [9.17, 15) is 14.7 Å². The Kier molecular flexibility index (Phi) is 8.90. The summed E-state index contributed by atoms with van der Waals surface area (Å²) < 4.78 is 7.94. The third-order valence-corrected chi connectivity index (χ3v) is 7.96. The summed E-state index contributed by atoms with van der Waals surface area (Å²) >= 11 is 0. The number of rotatable bonds is 11. The number of aryl methyl sites for hydroxylation is 4. The second-order valence-corrected chi connectivity index (χ2v) is 11.1. The molecule has 2 heterocycles. The molecule has 0 aliphatic heterocycles. The maximum Gasteiger partial charge on any atom is 0.335 e. The lowest BCUT2D eigenvalue weighted by Gasteiger charge is -2.19. The van der Waals surface area contributed by atoms with Gasteiger partial charge in [-0.25, -0.2) is 4.79 Å². The molecule has 3 N–H and O–H groups in total. The van der Waals surface area contributed by atoms with Crippen LogP contribution in [-0.4, -0.2) is 26.6 Å². The number of hydrogen-bond donors (Lipinski definition) is 2. The number of aromatic carboxylic acids is 1. The molecular weight excluding hydrogens is 538 g/mol. The number of ether oxygens (including phenoxy) is 1. The Labute approximate surface area is 252 Å². The third-order valence-electron chi connectivity index (χ3n) is 7.96. The largest absolute Gasteiger partial charge is 0.478 e. The first-order chi connectivity index (χ1) is 20.8. The van der Waals surface area contributed by atoms with E-state index >= 15 is 0 Å². The highest BCUT2D eigenvalue weighted by molar-refractivity contribution is 6.07. The smallest absolute Gasteiger partial charge is 0.335 e. The van der Waals surface area contributed by atoms with E-state index in [1.165, 1.54) is 0 Å². The average molecular weight is 576 g/mol. The molecule has 43 heavy (non-hydrogen) atoms. The van der Waals surface area contributed by atoms with Crippen molar-refractivity contribution in [2.24, 2.45) is 5.92 Å². The van der Waals surface area contributed by atoms with Gasteiger partial charge in [0.25, 0.3) is 0 Å². The molecule has 5 rings (SSSR count). The lowest BCUT2D eigenvalue weighted by molar-refractivity contribution is -0.150. The Morgan fingerprint density at radius 2 is 1.65 bits per heavy atom. The number of nitrogens with zero attached hydrogens (tertiary/aromatic N) is 2. The molecule has 0 saturated heterocycles. The summed E-state index contributed by atoms with van der Waals surface area (Å²) in [5, 5.41) is 11.0. The molecule has 7 nitrogen and oxygen atoms in total. The van der Waals surface area contributed by atoms with Crippen LogP contribution in [0.4, 0.5) is 5.69 Å². The molecule has 0 saturated carbocycles. The summed E-state index contributed by atoms with van der Waals surface area (Å²) in [4.78, 5) is 30.3. The fraction of sp³-hybridized carbons (Fsp3) is 0.250. The van der Waals surface area contributed by atoms with Gasteiger partial charge in [-0.15, -0.1) is 0 Å². The molecule has 0 aliphatic rings. The fourth-order valence-electron chi connectivity index (χ4n) is 6.00. The van der Waals surface area contributed by atoms with E-state index in [0.717, 1.165) is 39.0 Å². The number of hydrogen-bond acceptors (Lipinski definition) is 5. The van der Waals surface area contributed by atoms with Crippen molar-refractivity contribution in [2.75, 3.05) is 5.73 Å². The molecule has 0 aliphatic carbocycles. The highest BCUT2D eigenvalue weighted by atomic mass is 16.5. The van der Waals surface area contributed by atoms with Crippen molar-refractivity contribution in [3.63, 3.8) is 0 Å². The van der Waals surface area contributed by atoms with Crippen LogP contribution >= 0.6 is 0 Å². The summed E-state index contributed by atoms with van der Waals surface area (Å²) in [7, 11) is 0. The van der Waals surface area contributed by atoms with E-state index in [2.05, 4.69) is 27.8 Å². The molecular formula is C36H37N3O4. The number of anilines is 1. The molecule has 2 aromatic heterocycles. The molecule has 0 spiro atoms. The summed E-state index contributed by atoms with van der Waals surface area (Å²) in [6, 6.07) is 23.1. The van der Waals surface area contributed by atoms with Crippen LogP contribution in [0.25, 0.3) is 22.2 Å². The molecule has 0 fully saturated rings. The van der Waals surface area contributed by atoms with Crippen LogP contribution in [0.15, 0.2) is 85.2 Å². The van der Waals surface area contributed by atoms with Gasteiger partial charge in [-0.3, -0.25) is 9.78 Å². The molecule has 220 valence electrons. The molecule has 3 aromatic carbocycles. The Balaban J connectivity index is 1.60. The first-order valence-electron chi connectivity index (χ1n) is 14.6. The third kappa shape index (κ3) is 6.46. The Hall–Kier alpha value is -4.91. The van der Waals surface area contributed by atoms with Crippen LogP contribution in [0.5, 0.6) is 0 Å². The van der Waals surface area contributed by atoms with Gasteiger partial charge in [0.2, 0.25) is 0 Å². The molecule has 0 bridgehead atoms. The van der Waals surface area contributed by atoms with E-state index in [4.69, 9.17) is 10.5 Å². The Bertz CT molecular complexity index is 1740. The van der Waals surface area contributed by atoms with E-state index < -0.39 is 11.9 Å². The lowest BCUT2D eigenvalue weighted by Crippen LogP contribution is -2.22.